The number of nitrogens with zero attached hydrogens (tertiary/aromatic N) is 2. The van der Waals surface area contributed by atoms with Crippen molar-refractivity contribution in [2.75, 3.05) is 19.6 Å². The zero-order valence-corrected chi connectivity index (χ0v) is 21.0. The average molecular weight is 532 g/mol. The van der Waals surface area contributed by atoms with Crippen LogP contribution in [0.15, 0.2) is 29.3 Å². The summed E-state index contributed by atoms with van der Waals surface area (Å²) in [6.07, 6.45) is 0.378. The summed E-state index contributed by atoms with van der Waals surface area (Å²) in [6, 6.07) is 7.52. The first kappa shape index (κ1) is 25.6. The number of thiazole rings is 1. The van der Waals surface area contributed by atoms with Gasteiger partial charge in [0.05, 0.1) is 29.5 Å². The molecule has 29 heavy (non-hydrogen) atoms. The van der Waals surface area contributed by atoms with Gasteiger partial charge in [0.25, 0.3) is 0 Å². The fraction of sp³-hybridized carbons (Fsp3) is 0.524. The lowest BCUT2D eigenvalue weighted by Gasteiger charge is -2.14. The first-order valence-electron chi connectivity index (χ1n) is 9.78. The molecule has 0 aliphatic heterocycles. The van der Waals surface area contributed by atoms with Crippen molar-refractivity contribution >= 4 is 41.3 Å². The van der Waals surface area contributed by atoms with Crippen LogP contribution in [0.3, 0.4) is 0 Å². The first-order valence-corrected chi connectivity index (χ1v) is 10.6. The third-order valence-corrected chi connectivity index (χ3v) is 5.18. The van der Waals surface area contributed by atoms with Crippen molar-refractivity contribution in [2.24, 2.45) is 4.99 Å². The predicted octanol–water partition coefficient (Wildman–Crippen LogP) is 4.00. The van der Waals surface area contributed by atoms with E-state index in [1.165, 1.54) is 4.88 Å². The van der Waals surface area contributed by atoms with Crippen LogP contribution < -0.4 is 15.4 Å². The van der Waals surface area contributed by atoms with Gasteiger partial charge in [-0.25, -0.2) is 4.98 Å². The normalized spacial score (nSPS) is 12.4. The maximum absolute atomic E-state index is 10.4. The van der Waals surface area contributed by atoms with Crippen molar-refractivity contribution in [3.8, 4) is 5.75 Å². The predicted molar refractivity (Wildman–Crippen MR) is 132 cm³/mol. The monoisotopic (exact) mass is 532 g/mol. The number of ether oxygens (including phenoxy) is 1. The van der Waals surface area contributed by atoms with E-state index in [1.54, 1.807) is 11.3 Å². The Kier molecular flexibility index (Phi) is 11.5. The van der Waals surface area contributed by atoms with Gasteiger partial charge in [0.2, 0.25) is 0 Å². The van der Waals surface area contributed by atoms with E-state index < -0.39 is 6.10 Å². The fourth-order valence-corrected chi connectivity index (χ4v) is 3.70. The molecule has 0 spiro atoms. The molecule has 1 heterocycles. The summed E-state index contributed by atoms with van der Waals surface area (Å²) < 4.78 is 5.64. The van der Waals surface area contributed by atoms with Gasteiger partial charge >= 0.3 is 0 Å². The van der Waals surface area contributed by atoms with Gasteiger partial charge < -0.3 is 20.5 Å². The number of aryl methyl sites for hydroxylation is 2. The molecule has 0 saturated heterocycles. The van der Waals surface area contributed by atoms with Crippen LogP contribution in [0.4, 0.5) is 0 Å². The van der Waals surface area contributed by atoms with Crippen molar-refractivity contribution in [3.05, 3.63) is 45.4 Å². The van der Waals surface area contributed by atoms with Gasteiger partial charge in [0.1, 0.15) is 5.75 Å². The van der Waals surface area contributed by atoms with Crippen LogP contribution in [-0.4, -0.2) is 41.8 Å². The van der Waals surface area contributed by atoms with Crippen LogP contribution in [-0.2, 0) is 6.42 Å². The van der Waals surface area contributed by atoms with Gasteiger partial charge in [0.15, 0.2) is 5.96 Å². The van der Waals surface area contributed by atoms with Crippen molar-refractivity contribution in [3.63, 3.8) is 0 Å². The second kappa shape index (κ2) is 13.0. The molecule has 3 N–H and O–H groups in total. The standard InChI is InChI=1S/C21H32N4O2S.HI/c1-6-22-21(23-12-11-20-15(4)25-16(5)28-20)24-13-19(26)17-7-9-18(10-8-17)27-14(2)3;/h7-10,14,19,26H,6,11-13H2,1-5H3,(H2,22,23,24);1H. The van der Waals surface area contributed by atoms with Crippen molar-refractivity contribution in [2.45, 2.75) is 53.2 Å². The summed E-state index contributed by atoms with van der Waals surface area (Å²) in [5.74, 6) is 1.51. The average Bonchev–Trinajstić information content (AvgIpc) is 2.96. The molecule has 2 rings (SSSR count). The van der Waals surface area contributed by atoms with Gasteiger partial charge in [-0.15, -0.1) is 35.3 Å². The van der Waals surface area contributed by atoms with E-state index in [4.69, 9.17) is 4.74 Å². The van der Waals surface area contributed by atoms with E-state index in [0.29, 0.717) is 12.5 Å². The van der Waals surface area contributed by atoms with E-state index in [9.17, 15) is 5.11 Å². The smallest absolute Gasteiger partial charge is 0.191 e. The molecule has 1 atom stereocenters. The number of aliphatic hydroxyl groups is 1. The third-order valence-electron chi connectivity index (χ3n) is 4.05. The van der Waals surface area contributed by atoms with Crippen molar-refractivity contribution < 1.29 is 9.84 Å². The Labute approximate surface area is 195 Å². The number of aliphatic imine (C=N–C) groups is 1. The van der Waals surface area contributed by atoms with Gasteiger partial charge in [-0.1, -0.05) is 12.1 Å². The number of hydrogen-bond donors (Lipinski definition) is 3. The lowest BCUT2D eigenvalue weighted by molar-refractivity contribution is 0.186. The molecule has 6 nitrogen and oxygen atoms in total. The van der Waals surface area contributed by atoms with Crippen LogP contribution in [0.5, 0.6) is 5.75 Å². The van der Waals surface area contributed by atoms with E-state index in [0.717, 1.165) is 41.5 Å². The van der Waals surface area contributed by atoms with Crippen molar-refractivity contribution in [1.82, 2.24) is 15.6 Å². The number of halogens is 1. The van der Waals surface area contributed by atoms with E-state index in [-0.39, 0.29) is 30.1 Å². The lowest BCUT2D eigenvalue weighted by atomic mass is 10.1. The number of benzene rings is 1. The molecule has 0 bridgehead atoms. The molecular weight excluding hydrogens is 499 g/mol. The summed E-state index contributed by atoms with van der Waals surface area (Å²) in [7, 11) is 0. The number of nitrogens with one attached hydrogen (secondary N) is 2. The third kappa shape index (κ3) is 8.88. The van der Waals surface area contributed by atoms with Crippen LogP contribution in [0.2, 0.25) is 0 Å². The summed E-state index contributed by atoms with van der Waals surface area (Å²) in [5.41, 5.74) is 1.93. The Morgan fingerprint density at radius 1 is 1.21 bits per heavy atom. The molecule has 0 fully saturated rings. The van der Waals surface area contributed by atoms with Gasteiger partial charge in [0, 0.05) is 24.4 Å². The van der Waals surface area contributed by atoms with E-state index in [2.05, 4.69) is 20.6 Å². The molecule has 0 amide bonds. The topological polar surface area (TPSA) is 78.8 Å². The molecule has 2 aromatic rings. The molecule has 0 aliphatic rings. The molecule has 8 heteroatoms. The molecule has 0 saturated carbocycles. The van der Waals surface area contributed by atoms with Crippen LogP contribution in [0, 0.1) is 13.8 Å². The summed E-state index contributed by atoms with van der Waals surface area (Å²) in [6.45, 7) is 11.9. The maximum Gasteiger partial charge on any atom is 0.191 e. The maximum atomic E-state index is 10.4. The van der Waals surface area contributed by atoms with Gasteiger partial charge in [-0.3, -0.25) is 4.99 Å². The molecule has 162 valence electrons. The lowest BCUT2D eigenvalue weighted by Crippen LogP contribution is -2.38. The highest BCUT2D eigenvalue weighted by atomic mass is 127. The molecule has 0 aliphatic carbocycles. The zero-order chi connectivity index (χ0) is 20.5. The van der Waals surface area contributed by atoms with Crippen LogP contribution >= 0.6 is 35.3 Å². The number of rotatable bonds is 9. The molecule has 1 aromatic heterocycles. The highest BCUT2D eigenvalue weighted by Gasteiger charge is 2.09. The summed E-state index contributed by atoms with van der Waals surface area (Å²) in [5, 5.41) is 18.1. The SMILES string of the molecule is CCNC(=NCC(O)c1ccc(OC(C)C)cc1)NCCc1sc(C)nc1C.I. The van der Waals surface area contributed by atoms with Crippen LogP contribution in [0.1, 0.15) is 48.0 Å². The molecular formula is C21H33IN4O2S. The van der Waals surface area contributed by atoms with E-state index in [1.807, 2.05) is 58.9 Å². The fourth-order valence-electron chi connectivity index (χ4n) is 2.77. The first-order chi connectivity index (χ1) is 13.4. The Balaban J connectivity index is 0.00000420. The van der Waals surface area contributed by atoms with Crippen molar-refractivity contribution in [1.29, 1.82) is 0 Å². The highest BCUT2D eigenvalue weighted by Crippen LogP contribution is 2.19. The largest absolute Gasteiger partial charge is 0.491 e. The number of hydrogen-bond acceptors (Lipinski definition) is 5. The molecule has 1 aromatic carbocycles. The minimum absolute atomic E-state index is 0. The molecule has 1 unspecified atom stereocenters. The molecule has 0 radical (unpaired) electrons. The zero-order valence-electron chi connectivity index (χ0n) is 17.9. The van der Waals surface area contributed by atoms with E-state index >= 15 is 0 Å². The Hall–Kier alpha value is -1.39. The minimum atomic E-state index is -0.657. The highest BCUT2D eigenvalue weighted by molar-refractivity contribution is 14.0. The number of aromatic nitrogens is 1. The van der Waals surface area contributed by atoms with Gasteiger partial charge in [-0.2, -0.15) is 0 Å². The Morgan fingerprint density at radius 2 is 1.90 bits per heavy atom. The summed E-state index contributed by atoms with van der Waals surface area (Å²) >= 11 is 1.74. The minimum Gasteiger partial charge on any atom is -0.491 e. The number of guanidine groups is 1. The van der Waals surface area contributed by atoms with Crippen LogP contribution in [0.25, 0.3) is 0 Å². The second-order valence-corrected chi connectivity index (χ2v) is 8.18. The Bertz CT molecular complexity index is 763. The number of aliphatic hydroxyl groups excluding tert-OH is 1. The summed E-state index contributed by atoms with van der Waals surface area (Å²) in [4.78, 5) is 10.3. The quantitative estimate of drug-likeness (QED) is 0.259. The van der Waals surface area contributed by atoms with Gasteiger partial charge in [-0.05, 0) is 52.3 Å². The Morgan fingerprint density at radius 3 is 2.45 bits per heavy atom. The second-order valence-electron chi connectivity index (χ2n) is 6.89.